The molecule has 8 nitrogen and oxygen atoms in total. The molecule has 4 rings (SSSR count). The van der Waals surface area contributed by atoms with Crippen LogP contribution in [-0.4, -0.2) is 42.5 Å². The van der Waals surface area contributed by atoms with Crippen LogP contribution in [0.25, 0.3) is 6.08 Å². The zero-order chi connectivity index (χ0) is 26.4. The number of nitrogens with one attached hydrogen (secondary N) is 1. The van der Waals surface area contributed by atoms with Gasteiger partial charge in [0, 0.05) is 5.56 Å². The van der Waals surface area contributed by atoms with Gasteiger partial charge in [-0.3, -0.25) is 15.0 Å². The fourth-order valence-electron chi connectivity index (χ4n) is 3.51. The summed E-state index contributed by atoms with van der Waals surface area (Å²) in [6, 6.07) is 19.9. The van der Waals surface area contributed by atoms with Crippen molar-refractivity contribution in [1.82, 2.24) is 10.4 Å². The van der Waals surface area contributed by atoms with Crippen LogP contribution in [0.3, 0.4) is 0 Å². The number of carbonyl (C=O) groups excluding carboxylic acids is 2. The van der Waals surface area contributed by atoms with Gasteiger partial charge in [-0.1, -0.05) is 42.1 Å². The average molecular weight is 537 g/mol. The quantitative estimate of drug-likeness (QED) is 0.307. The minimum atomic E-state index is -0.472. The van der Waals surface area contributed by atoms with E-state index in [1.54, 1.807) is 42.5 Å². The van der Waals surface area contributed by atoms with Gasteiger partial charge in [-0.05, 0) is 65.8 Å². The van der Waals surface area contributed by atoms with E-state index in [4.69, 9.17) is 31.2 Å². The Morgan fingerprint density at radius 1 is 0.973 bits per heavy atom. The van der Waals surface area contributed by atoms with Gasteiger partial charge in [0.15, 0.2) is 15.8 Å². The van der Waals surface area contributed by atoms with E-state index in [0.717, 1.165) is 22.3 Å². The number of benzene rings is 3. The summed E-state index contributed by atoms with van der Waals surface area (Å²) in [5.74, 6) is 1.05. The lowest BCUT2D eigenvalue weighted by molar-refractivity contribution is -0.123. The molecule has 1 fully saturated rings. The van der Waals surface area contributed by atoms with Crippen LogP contribution in [0.5, 0.6) is 23.0 Å². The van der Waals surface area contributed by atoms with Crippen molar-refractivity contribution in [2.75, 3.05) is 21.3 Å². The topological polar surface area (TPSA) is 86.3 Å². The highest BCUT2D eigenvalue weighted by Gasteiger charge is 2.34. The number of nitrogens with zero attached hydrogens (tertiary/aromatic N) is 1. The molecule has 0 radical (unpaired) electrons. The van der Waals surface area contributed by atoms with Crippen molar-refractivity contribution in [2.24, 2.45) is 0 Å². The number of carbonyl (C=O) groups is 2. The summed E-state index contributed by atoms with van der Waals surface area (Å²) in [5, 5.41) is 1.06. The molecule has 1 saturated heterocycles. The molecule has 37 heavy (non-hydrogen) atoms. The number of hydrazine groups is 1. The van der Waals surface area contributed by atoms with Gasteiger partial charge in [-0.15, -0.1) is 0 Å². The highest BCUT2D eigenvalue weighted by molar-refractivity contribution is 8.26. The lowest BCUT2D eigenvalue weighted by Crippen LogP contribution is -2.44. The van der Waals surface area contributed by atoms with Crippen LogP contribution >= 0.6 is 24.0 Å². The van der Waals surface area contributed by atoms with Gasteiger partial charge in [-0.25, -0.2) is 0 Å². The molecule has 3 aromatic carbocycles. The molecular formula is C27H24N2O6S2. The lowest BCUT2D eigenvalue weighted by atomic mass is 10.1. The Balaban J connectivity index is 1.43. The van der Waals surface area contributed by atoms with Crippen LogP contribution in [-0.2, 0) is 11.4 Å². The normalized spacial score (nSPS) is 14.0. The number of rotatable bonds is 9. The van der Waals surface area contributed by atoms with E-state index in [2.05, 4.69) is 5.43 Å². The Morgan fingerprint density at radius 2 is 1.62 bits per heavy atom. The molecule has 3 aromatic rings. The zero-order valence-electron chi connectivity index (χ0n) is 20.3. The number of thiocarbonyl (C=S) groups is 1. The molecule has 0 spiro atoms. The van der Waals surface area contributed by atoms with E-state index in [1.165, 1.54) is 21.3 Å². The molecular weight excluding hydrogens is 512 g/mol. The summed E-state index contributed by atoms with van der Waals surface area (Å²) < 4.78 is 22.1. The smallest absolute Gasteiger partial charge is 0.285 e. The maximum atomic E-state index is 13.0. The first-order valence-corrected chi connectivity index (χ1v) is 12.3. The minimum Gasteiger partial charge on any atom is -0.493 e. The SMILES string of the molecule is COc1cc(C=C2SC(=S)N(NC(=O)c3ccc(OCc4ccccc4)cc3)C2=O)cc(OC)c1OC. The van der Waals surface area contributed by atoms with Gasteiger partial charge in [0.2, 0.25) is 5.75 Å². The third-order valence-electron chi connectivity index (χ3n) is 5.36. The average Bonchev–Trinajstić information content (AvgIpc) is 3.19. The number of amides is 2. The van der Waals surface area contributed by atoms with E-state index >= 15 is 0 Å². The molecule has 0 aliphatic carbocycles. The highest BCUT2D eigenvalue weighted by Crippen LogP contribution is 2.40. The number of hydrogen-bond donors (Lipinski definition) is 1. The molecule has 1 aliphatic heterocycles. The Labute approximate surface area is 224 Å². The lowest BCUT2D eigenvalue weighted by Gasteiger charge is -2.16. The summed E-state index contributed by atoms with van der Waals surface area (Å²) in [7, 11) is 4.54. The van der Waals surface area contributed by atoms with Crippen molar-refractivity contribution in [3.63, 3.8) is 0 Å². The van der Waals surface area contributed by atoms with Gasteiger partial charge < -0.3 is 18.9 Å². The first-order valence-electron chi connectivity index (χ1n) is 11.1. The molecule has 190 valence electrons. The maximum absolute atomic E-state index is 13.0. The Morgan fingerprint density at radius 3 is 2.22 bits per heavy atom. The van der Waals surface area contributed by atoms with Gasteiger partial charge in [0.05, 0.1) is 26.2 Å². The van der Waals surface area contributed by atoms with Gasteiger partial charge in [0.25, 0.3) is 11.8 Å². The fourth-order valence-corrected chi connectivity index (χ4v) is 4.69. The predicted octanol–water partition coefficient (Wildman–Crippen LogP) is 4.84. The second-order valence-electron chi connectivity index (χ2n) is 7.72. The molecule has 0 bridgehead atoms. The molecule has 1 N–H and O–H groups in total. The number of thioether (sulfide) groups is 1. The van der Waals surface area contributed by atoms with E-state index in [-0.39, 0.29) is 4.32 Å². The van der Waals surface area contributed by atoms with Gasteiger partial charge in [0.1, 0.15) is 12.4 Å². The molecule has 0 aromatic heterocycles. The molecule has 1 aliphatic rings. The standard InChI is InChI=1S/C27H24N2O6S2/c1-32-21-13-18(14-22(33-2)24(21)34-3)15-23-26(31)29(27(36)37-23)28-25(30)19-9-11-20(12-10-19)35-16-17-7-5-4-6-8-17/h4-15H,16H2,1-3H3,(H,28,30). The molecule has 0 unspecified atom stereocenters. The molecule has 0 saturated carbocycles. The largest absolute Gasteiger partial charge is 0.493 e. The number of methoxy groups -OCH3 is 3. The van der Waals surface area contributed by atoms with Crippen molar-refractivity contribution in [3.8, 4) is 23.0 Å². The minimum absolute atomic E-state index is 0.208. The van der Waals surface area contributed by atoms with E-state index < -0.39 is 11.8 Å². The summed E-state index contributed by atoms with van der Waals surface area (Å²) in [6.07, 6.45) is 1.65. The second-order valence-corrected chi connectivity index (χ2v) is 9.39. The number of hydrogen-bond acceptors (Lipinski definition) is 8. The zero-order valence-corrected chi connectivity index (χ0v) is 22.0. The van der Waals surface area contributed by atoms with Crippen LogP contribution in [0.1, 0.15) is 21.5 Å². The van der Waals surface area contributed by atoms with E-state index in [0.29, 0.717) is 45.6 Å². The van der Waals surface area contributed by atoms with Crippen molar-refractivity contribution in [3.05, 3.63) is 88.3 Å². The first kappa shape index (κ1) is 26.1. The van der Waals surface area contributed by atoms with E-state index in [1.807, 2.05) is 30.3 Å². The predicted molar refractivity (Wildman–Crippen MR) is 146 cm³/mol. The van der Waals surface area contributed by atoms with E-state index in [9.17, 15) is 9.59 Å². The monoisotopic (exact) mass is 536 g/mol. The summed E-state index contributed by atoms with van der Waals surface area (Å²) in [6.45, 7) is 0.418. The Bertz CT molecular complexity index is 1320. The molecule has 1 heterocycles. The van der Waals surface area contributed by atoms with Gasteiger partial charge in [-0.2, -0.15) is 5.01 Å². The molecule has 2 amide bonds. The van der Waals surface area contributed by atoms with Crippen LogP contribution in [0, 0.1) is 0 Å². The third-order valence-corrected chi connectivity index (χ3v) is 6.66. The number of ether oxygens (including phenoxy) is 4. The maximum Gasteiger partial charge on any atom is 0.285 e. The van der Waals surface area contributed by atoms with Crippen molar-refractivity contribution >= 4 is 46.2 Å². The molecule has 10 heteroatoms. The third kappa shape index (κ3) is 6.04. The highest BCUT2D eigenvalue weighted by atomic mass is 32.2. The first-order chi connectivity index (χ1) is 17.9. The Kier molecular flexibility index (Phi) is 8.32. The summed E-state index contributed by atoms with van der Waals surface area (Å²) in [4.78, 5) is 26.2. The summed E-state index contributed by atoms with van der Waals surface area (Å²) in [5.41, 5.74) is 4.62. The van der Waals surface area contributed by atoms with Gasteiger partial charge >= 0.3 is 0 Å². The van der Waals surface area contributed by atoms with Crippen LogP contribution in [0.2, 0.25) is 0 Å². The van der Waals surface area contributed by atoms with Crippen molar-refractivity contribution < 1.29 is 28.5 Å². The van der Waals surface area contributed by atoms with Crippen LogP contribution < -0.4 is 24.4 Å². The Hall–Kier alpha value is -4.02. The van der Waals surface area contributed by atoms with Crippen LogP contribution in [0.15, 0.2) is 71.6 Å². The summed E-state index contributed by atoms with van der Waals surface area (Å²) >= 11 is 6.42. The second kappa shape index (κ2) is 11.8. The molecule has 0 atom stereocenters. The van der Waals surface area contributed by atoms with Crippen molar-refractivity contribution in [2.45, 2.75) is 6.61 Å². The van der Waals surface area contributed by atoms with Crippen LogP contribution in [0.4, 0.5) is 0 Å². The van der Waals surface area contributed by atoms with Crippen molar-refractivity contribution in [1.29, 1.82) is 0 Å². The fraction of sp³-hybridized carbons (Fsp3) is 0.148.